The molecule has 0 fully saturated rings. The second-order valence-corrected chi connectivity index (χ2v) is 3.21. The molecule has 0 bridgehead atoms. The van der Waals surface area contributed by atoms with Gasteiger partial charge in [-0.1, -0.05) is 19.1 Å². The Morgan fingerprint density at radius 3 is 2.83 bits per heavy atom. The summed E-state index contributed by atoms with van der Waals surface area (Å²) < 4.78 is 0. The van der Waals surface area contributed by atoms with Crippen LogP contribution in [0.2, 0.25) is 0 Å². The first kappa shape index (κ1) is 9.42. The Morgan fingerprint density at radius 1 is 1.58 bits per heavy atom. The van der Waals surface area contributed by atoms with E-state index in [-0.39, 0.29) is 11.8 Å². The number of thiol groups is 1. The van der Waals surface area contributed by atoms with Gasteiger partial charge in [0.05, 0.1) is 0 Å². The molecule has 0 aliphatic rings. The van der Waals surface area contributed by atoms with Crippen molar-refractivity contribution in [3.05, 3.63) is 23.8 Å². The first-order valence-electron chi connectivity index (χ1n) is 3.93. The van der Waals surface area contributed by atoms with Crippen molar-refractivity contribution >= 4 is 12.6 Å². The number of rotatable bonds is 2. The molecule has 0 spiro atoms. The predicted molar refractivity (Wildman–Crippen MR) is 52.6 cm³/mol. The highest BCUT2D eigenvalue weighted by molar-refractivity contribution is 7.80. The van der Waals surface area contributed by atoms with Crippen LogP contribution in [0.3, 0.4) is 0 Å². The fourth-order valence-electron chi connectivity index (χ4n) is 1.07. The van der Waals surface area contributed by atoms with Gasteiger partial charge in [-0.3, -0.25) is 0 Å². The smallest absolute Gasteiger partial charge is 0.133 e. The van der Waals surface area contributed by atoms with Crippen molar-refractivity contribution in [3.8, 4) is 5.75 Å². The highest BCUT2D eigenvalue weighted by Gasteiger charge is 2.09. The van der Waals surface area contributed by atoms with E-state index >= 15 is 0 Å². The van der Waals surface area contributed by atoms with Crippen molar-refractivity contribution < 1.29 is 5.11 Å². The highest BCUT2D eigenvalue weighted by atomic mass is 32.1. The normalized spacial score (nSPS) is 12.9. The Hall–Kier alpha value is -0.670. The van der Waals surface area contributed by atoms with Crippen LogP contribution in [0.15, 0.2) is 23.1 Å². The molecule has 2 nitrogen and oxygen atoms in total. The average molecular weight is 183 g/mol. The largest absolute Gasteiger partial charge is 0.506 e. The van der Waals surface area contributed by atoms with E-state index in [9.17, 15) is 5.11 Å². The number of benzene rings is 1. The summed E-state index contributed by atoms with van der Waals surface area (Å²) in [5.41, 5.74) is 6.54. The summed E-state index contributed by atoms with van der Waals surface area (Å²) in [5, 5.41) is 9.54. The monoisotopic (exact) mass is 183 g/mol. The van der Waals surface area contributed by atoms with E-state index in [1.165, 1.54) is 0 Å². The van der Waals surface area contributed by atoms with Crippen LogP contribution in [0.1, 0.15) is 24.9 Å². The van der Waals surface area contributed by atoms with Gasteiger partial charge in [-0.15, -0.1) is 12.6 Å². The zero-order chi connectivity index (χ0) is 9.14. The fourth-order valence-corrected chi connectivity index (χ4v) is 1.28. The van der Waals surface area contributed by atoms with Gasteiger partial charge >= 0.3 is 0 Å². The second-order valence-electron chi connectivity index (χ2n) is 2.73. The van der Waals surface area contributed by atoms with Gasteiger partial charge in [0.2, 0.25) is 0 Å². The number of hydrogen-bond acceptors (Lipinski definition) is 3. The molecule has 0 unspecified atom stereocenters. The minimum Gasteiger partial charge on any atom is -0.506 e. The molecule has 1 aromatic carbocycles. The van der Waals surface area contributed by atoms with Crippen LogP contribution >= 0.6 is 12.6 Å². The molecule has 66 valence electrons. The number of hydrogen-bond donors (Lipinski definition) is 3. The molecule has 0 aliphatic carbocycles. The molecule has 1 rings (SSSR count). The first-order chi connectivity index (χ1) is 5.66. The zero-order valence-corrected chi connectivity index (χ0v) is 7.88. The van der Waals surface area contributed by atoms with Crippen LogP contribution in [0.5, 0.6) is 5.75 Å². The van der Waals surface area contributed by atoms with Crippen molar-refractivity contribution in [2.75, 3.05) is 0 Å². The number of phenols is 1. The molecule has 0 heterocycles. The Bertz CT molecular complexity index is 275. The summed E-state index contributed by atoms with van der Waals surface area (Å²) in [5.74, 6) is 0.204. The topological polar surface area (TPSA) is 46.2 Å². The van der Waals surface area contributed by atoms with Gasteiger partial charge in [-0.2, -0.15) is 0 Å². The summed E-state index contributed by atoms with van der Waals surface area (Å²) in [4.78, 5) is 0.580. The molecule has 0 radical (unpaired) electrons. The maximum Gasteiger partial charge on any atom is 0.133 e. The molecule has 1 aromatic rings. The number of phenolic OH excluding ortho intramolecular Hbond substituents is 1. The van der Waals surface area contributed by atoms with Gasteiger partial charge in [0.25, 0.3) is 0 Å². The first-order valence-corrected chi connectivity index (χ1v) is 4.38. The minimum absolute atomic E-state index is 0.0999. The van der Waals surface area contributed by atoms with E-state index in [2.05, 4.69) is 12.6 Å². The third-order valence-corrected chi connectivity index (χ3v) is 2.25. The molecule has 12 heavy (non-hydrogen) atoms. The van der Waals surface area contributed by atoms with Gasteiger partial charge in [0.15, 0.2) is 0 Å². The van der Waals surface area contributed by atoms with Crippen molar-refractivity contribution in [1.82, 2.24) is 0 Å². The van der Waals surface area contributed by atoms with E-state index in [4.69, 9.17) is 5.73 Å². The van der Waals surface area contributed by atoms with Gasteiger partial charge in [-0.05, 0) is 12.5 Å². The van der Waals surface area contributed by atoms with Gasteiger partial charge in [-0.25, -0.2) is 0 Å². The molecule has 3 heteroatoms. The predicted octanol–water partition coefficient (Wildman–Crippen LogP) is 2.09. The molecular formula is C9H13NOS. The Kier molecular flexibility index (Phi) is 3.00. The van der Waals surface area contributed by atoms with E-state index in [0.29, 0.717) is 4.90 Å². The molecule has 0 saturated carbocycles. The Labute approximate surface area is 77.8 Å². The summed E-state index contributed by atoms with van der Waals surface area (Å²) in [6.07, 6.45) is 0.810. The van der Waals surface area contributed by atoms with Gasteiger partial charge in [0.1, 0.15) is 5.75 Å². The van der Waals surface area contributed by atoms with Crippen molar-refractivity contribution in [3.63, 3.8) is 0 Å². The molecular weight excluding hydrogens is 170 g/mol. The SMILES string of the molecule is CC[C@@H](N)c1cccc(S)c1O. The fraction of sp³-hybridized carbons (Fsp3) is 0.333. The third kappa shape index (κ3) is 1.73. The van der Waals surface area contributed by atoms with Crippen molar-refractivity contribution in [2.45, 2.75) is 24.3 Å². The quantitative estimate of drug-likeness (QED) is 0.615. The van der Waals surface area contributed by atoms with Crippen molar-refractivity contribution in [2.24, 2.45) is 5.73 Å². The van der Waals surface area contributed by atoms with E-state index in [1.807, 2.05) is 19.1 Å². The van der Waals surface area contributed by atoms with Gasteiger partial charge < -0.3 is 10.8 Å². The van der Waals surface area contributed by atoms with E-state index in [1.54, 1.807) is 6.07 Å². The summed E-state index contributed by atoms with van der Waals surface area (Å²) in [6.45, 7) is 1.98. The molecule has 0 amide bonds. The van der Waals surface area contributed by atoms with E-state index < -0.39 is 0 Å². The molecule has 0 aliphatic heterocycles. The lowest BCUT2D eigenvalue weighted by molar-refractivity contribution is 0.447. The summed E-state index contributed by atoms with van der Waals surface area (Å²) in [6, 6.07) is 5.30. The molecule has 0 saturated heterocycles. The minimum atomic E-state index is -0.0999. The zero-order valence-electron chi connectivity index (χ0n) is 6.99. The van der Waals surface area contributed by atoms with Crippen LogP contribution < -0.4 is 5.73 Å². The maximum atomic E-state index is 9.54. The van der Waals surface area contributed by atoms with E-state index in [0.717, 1.165) is 12.0 Å². The average Bonchev–Trinajstić information content (AvgIpc) is 2.08. The van der Waals surface area contributed by atoms with Crippen LogP contribution in [0, 0.1) is 0 Å². The summed E-state index contributed by atoms with van der Waals surface area (Å²) in [7, 11) is 0. The lowest BCUT2D eigenvalue weighted by Gasteiger charge is -2.11. The van der Waals surface area contributed by atoms with Gasteiger partial charge in [0, 0.05) is 16.5 Å². The highest BCUT2D eigenvalue weighted by Crippen LogP contribution is 2.30. The maximum absolute atomic E-state index is 9.54. The standard InChI is InChI=1S/C9H13NOS/c1-2-7(10)6-4-3-5-8(12)9(6)11/h3-5,7,11-12H,2,10H2,1H3/t7-/m1/s1. The molecule has 0 aromatic heterocycles. The molecule has 3 N–H and O–H groups in total. The van der Waals surface area contributed by atoms with Crippen LogP contribution in [-0.2, 0) is 0 Å². The third-order valence-electron chi connectivity index (χ3n) is 1.89. The Morgan fingerprint density at radius 2 is 2.25 bits per heavy atom. The summed E-state index contributed by atoms with van der Waals surface area (Å²) >= 11 is 4.10. The Balaban J connectivity index is 3.07. The number of aromatic hydroxyl groups is 1. The lowest BCUT2D eigenvalue weighted by atomic mass is 10.0. The molecule has 1 atom stereocenters. The van der Waals surface area contributed by atoms with Crippen molar-refractivity contribution in [1.29, 1.82) is 0 Å². The lowest BCUT2D eigenvalue weighted by Crippen LogP contribution is -2.08. The second kappa shape index (κ2) is 3.83. The number of nitrogens with two attached hydrogens (primary N) is 1. The number of para-hydroxylation sites is 1. The van der Waals surface area contributed by atoms with Crippen LogP contribution in [0.25, 0.3) is 0 Å². The van der Waals surface area contributed by atoms with Crippen LogP contribution in [-0.4, -0.2) is 5.11 Å². The van der Waals surface area contributed by atoms with Crippen LogP contribution in [0.4, 0.5) is 0 Å².